The van der Waals surface area contributed by atoms with E-state index in [2.05, 4.69) is 0 Å². The number of nitrogens with zero attached hydrogens (tertiary/aromatic N) is 1. The zero-order valence-corrected chi connectivity index (χ0v) is 11.8. The highest BCUT2D eigenvalue weighted by Gasteiger charge is 2.34. The SMILES string of the molecule is O=C(c1ccc(F)cc1Cl)N(Cc1ccco1)CC(F)(F)F. The average molecular weight is 336 g/mol. The minimum absolute atomic E-state index is 0.191. The van der Waals surface area contributed by atoms with Crippen molar-refractivity contribution in [3.05, 3.63) is 58.8 Å². The number of rotatable bonds is 4. The molecule has 0 aliphatic carbocycles. The van der Waals surface area contributed by atoms with Gasteiger partial charge in [0.05, 0.1) is 23.4 Å². The highest BCUT2D eigenvalue weighted by Crippen LogP contribution is 2.24. The van der Waals surface area contributed by atoms with E-state index >= 15 is 0 Å². The van der Waals surface area contributed by atoms with Gasteiger partial charge in [-0.1, -0.05) is 11.6 Å². The first kappa shape index (κ1) is 16.4. The summed E-state index contributed by atoms with van der Waals surface area (Å²) in [5.41, 5.74) is -0.209. The molecule has 0 radical (unpaired) electrons. The average Bonchev–Trinajstić information content (AvgIpc) is 2.88. The molecule has 2 rings (SSSR count). The highest BCUT2D eigenvalue weighted by atomic mass is 35.5. The Morgan fingerprint density at radius 3 is 2.55 bits per heavy atom. The van der Waals surface area contributed by atoms with E-state index in [0.29, 0.717) is 4.90 Å². The molecule has 0 aliphatic rings. The van der Waals surface area contributed by atoms with Crippen LogP contribution in [0.1, 0.15) is 16.1 Å². The molecular weight excluding hydrogens is 326 g/mol. The second kappa shape index (κ2) is 6.39. The van der Waals surface area contributed by atoms with Crippen molar-refractivity contribution in [1.29, 1.82) is 0 Å². The van der Waals surface area contributed by atoms with Gasteiger partial charge in [0, 0.05) is 0 Å². The van der Waals surface area contributed by atoms with Crippen LogP contribution >= 0.6 is 11.6 Å². The molecule has 1 aromatic heterocycles. The second-order valence-electron chi connectivity index (χ2n) is 4.48. The number of hydrogen-bond donors (Lipinski definition) is 0. The van der Waals surface area contributed by atoms with Crippen LogP contribution < -0.4 is 0 Å². The molecule has 0 spiro atoms. The summed E-state index contributed by atoms with van der Waals surface area (Å²) in [6, 6.07) is 5.82. The topological polar surface area (TPSA) is 33.5 Å². The van der Waals surface area contributed by atoms with Crippen molar-refractivity contribution in [1.82, 2.24) is 4.90 Å². The molecule has 0 aliphatic heterocycles. The van der Waals surface area contributed by atoms with Gasteiger partial charge in [-0.2, -0.15) is 13.2 Å². The maximum absolute atomic E-state index is 13.0. The lowest BCUT2D eigenvalue weighted by atomic mass is 10.2. The van der Waals surface area contributed by atoms with Crippen LogP contribution in [-0.4, -0.2) is 23.5 Å². The fraction of sp³-hybridized carbons (Fsp3) is 0.214. The van der Waals surface area contributed by atoms with E-state index in [-0.39, 0.29) is 22.9 Å². The third-order valence-electron chi connectivity index (χ3n) is 2.75. The van der Waals surface area contributed by atoms with Gasteiger partial charge in [0.15, 0.2) is 0 Å². The van der Waals surface area contributed by atoms with Crippen LogP contribution in [0.2, 0.25) is 5.02 Å². The summed E-state index contributed by atoms with van der Waals surface area (Å²) in [5.74, 6) is -1.45. The Morgan fingerprint density at radius 1 is 1.27 bits per heavy atom. The van der Waals surface area contributed by atoms with Crippen LogP contribution in [-0.2, 0) is 6.54 Å². The normalized spacial score (nSPS) is 11.5. The molecule has 0 N–H and O–H groups in total. The maximum Gasteiger partial charge on any atom is 0.406 e. The highest BCUT2D eigenvalue weighted by molar-refractivity contribution is 6.33. The zero-order chi connectivity index (χ0) is 16.3. The molecule has 0 fully saturated rings. The van der Waals surface area contributed by atoms with Gasteiger partial charge in [-0.05, 0) is 30.3 Å². The van der Waals surface area contributed by atoms with E-state index in [1.54, 1.807) is 0 Å². The number of halogens is 5. The number of amides is 1. The second-order valence-corrected chi connectivity index (χ2v) is 4.89. The Bertz CT molecular complexity index is 655. The molecule has 0 atom stereocenters. The van der Waals surface area contributed by atoms with Crippen molar-refractivity contribution in [2.24, 2.45) is 0 Å². The quantitative estimate of drug-likeness (QED) is 0.782. The lowest BCUT2D eigenvalue weighted by Gasteiger charge is -2.23. The third kappa shape index (κ3) is 4.24. The van der Waals surface area contributed by atoms with Gasteiger partial charge in [0.2, 0.25) is 0 Å². The first-order valence-corrected chi connectivity index (χ1v) is 6.47. The Kier molecular flexibility index (Phi) is 4.75. The van der Waals surface area contributed by atoms with Crippen molar-refractivity contribution < 1.29 is 26.8 Å². The molecule has 1 aromatic carbocycles. The minimum atomic E-state index is -4.59. The van der Waals surface area contributed by atoms with E-state index in [1.165, 1.54) is 18.4 Å². The Hall–Kier alpha value is -2.02. The van der Waals surface area contributed by atoms with Crippen LogP contribution in [0.15, 0.2) is 41.0 Å². The van der Waals surface area contributed by atoms with E-state index in [4.69, 9.17) is 16.0 Å². The monoisotopic (exact) mass is 335 g/mol. The summed E-state index contributed by atoms with van der Waals surface area (Å²) in [7, 11) is 0. The summed E-state index contributed by atoms with van der Waals surface area (Å²) in [6.07, 6.45) is -3.30. The largest absolute Gasteiger partial charge is 0.467 e. The van der Waals surface area contributed by atoms with Gasteiger partial charge < -0.3 is 9.32 Å². The first-order valence-electron chi connectivity index (χ1n) is 6.10. The number of benzene rings is 1. The molecule has 3 nitrogen and oxygen atoms in total. The van der Waals surface area contributed by atoms with Crippen LogP contribution in [0.5, 0.6) is 0 Å². The third-order valence-corrected chi connectivity index (χ3v) is 3.06. The van der Waals surface area contributed by atoms with Crippen molar-refractivity contribution in [3.63, 3.8) is 0 Å². The number of alkyl halides is 3. The fourth-order valence-corrected chi connectivity index (χ4v) is 2.09. The summed E-state index contributed by atoms with van der Waals surface area (Å²) in [6.45, 7) is -1.85. The first-order chi connectivity index (χ1) is 10.3. The van der Waals surface area contributed by atoms with Crippen molar-refractivity contribution in [2.75, 3.05) is 6.54 Å². The predicted octanol–water partition coefficient (Wildman–Crippen LogP) is 4.28. The summed E-state index contributed by atoms with van der Waals surface area (Å²) >= 11 is 5.73. The standard InChI is InChI=1S/C14H10ClF4NO2/c15-12-6-9(16)3-4-11(12)13(21)20(8-14(17,18)19)7-10-2-1-5-22-10/h1-6H,7-8H2. The van der Waals surface area contributed by atoms with Crippen molar-refractivity contribution in [2.45, 2.75) is 12.7 Å². The molecule has 22 heavy (non-hydrogen) atoms. The fourth-order valence-electron chi connectivity index (χ4n) is 1.84. The molecule has 8 heteroatoms. The van der Waals surface area contributed by atoms with E-state index in [0.717, 1.165) is 18.2 Å². The Labute approximate surface area is 128 Å². The molecular formula is C14H10ClF4NO2. The van der Waals surface area contributed by atoms with Gasteiger partial charge in [0.1, 0.15) is 18.1 Å². The van der Waals surface area contributed by atoms with Crippen LogP contribution in [0.25, 0.3) is 0 Å². The molecule has 1 amide bonds. The maximum atomic E-state index is 13.0. The summed E-state index contributed by atoms with van der Waals surface area (Å²) in [4.78, 5) is 12.8. The summed E-state index contributed by atoms with van der Waals surface area (Å²) < 4.78 is 55.9. The molecule has 118 valence electrons. The van der Waals surface area contributed by atoms with E-state index < -0.39 is 24.4 Å². The van der Waals surface area contributed by atoms with Gasteiger partial charge in [-0.25, -0.2) is 4.39 Å². The molecule has 0 bridgehead atoms. The predicted molar refractivity (Wildman–Crippen MR) is 70.9 cm³/mol. The van der Waals surface area contributed by atoms with Gasteiger partial charge in [-0.15, -0.1) is 0 Å². The summed E-state index contributed by atoms with van der Waals surface area (Å²) in [5, 5.41) is -0.253. The number of hydrogen-bond acceptors (Lipinski definition) is 2. The molecule has 0 saturated carbocycles. The molecule has 1 heterocycles. The van der Waals surface area contributed by atoms with E-state index in [9.17, 15) is 22.4 Å². The van der Waals surface area contributed by atoms with Crippen molar-refractivity contribution in [3.8, 4) is 0 Å². The van der Waals surface area contributed by atoms with Crippen LogP contribution in [0.3, 0.4) is 0 Å². The number of furan rings is 1. The minimum Gasteiger partial charge on any atom is -0.467 e. The lowest BCUT2D eigenvalue weighted by Crippen LogP contribution is -2.38. The van der Waals surface area contributed by atoms with Gasteiger partial charge in [-0.3, -0.25) is 4.79 Å². The van der Waals surface area contributed by atoms with Crippen LogP contribution in [0.4, 0.5) is 17.6 Å². The Morgan fingerprint density at radius 2 is 2.00 bits per heavy atom. The molecule has 0 saturated heterocycles. The smallest absolute Gasteiger partial charge is 0.406 e. The van der Waals surface area contributed by atoms with Gasteiger partial charge in [0.25, 0.3) is 5.91 Å². The lowest BCUT2D eigenvalue weighted by molar-refractivity contribution is -0.142. The Balaban J connectivity index is 2.28. The number of carbonyl (C=O) groups excluding carboxylic acids is 1. The van der Waals surface area contributed by atoms with Crippen molar-refractivity contribution >= 4 is 17.5 Å². The van der Waals surface area contributed by atoms with Gasteiger partial charge >= 0.3 is 6.18 Å². The van der Waals surface area contributed by atoms with Crippen LogP contribution in [0, 0.1) is 5.82 Å². The number of carbonyl (C=O) groups is 1. The molecule has 2 aromatic rings. The zero-order valence-electron chi connectivity index (χ0n) is 11.0. The van der Waals surface area contributed by atoms with E-state index in [1.807, 2.05) is 0 Å². The molecule has 0 unspecified atom stereocenters.